The van der Waals surface area contributed by atoms with E-state index < -0.39 is 0 Å². The van der Waals surface area contributed by atoms with E-state index in [1.165, 1.54) is 5.56 Å². The van der Waals surface area contributed by atoms with Crippen LogP contribution in [0.4, 0.5) is 11.4 Å². The van der Waals surface area contributed by atoms with E-state index in [1.807, 2.05) is 24.3 Å². The highest BCUT2D eigenvalue weighted by Gasteiger charge is 2.12. The van der Waals surface area contributed by atoms with Crippen LogP contribution in [0.25, 0.3) is 0 Å². The molecule has 0 spiro atoms. The first-order valence-corrected chi connectivity index (χ1v) is 6.82. The van der Waals surface area contributed by atoms with E-state index in [2.05, 4.69) is 19.2 Å². The van der Waals surface area contributed by atoms with Gasteiger partial charge in [0.15, 0.2) is 0 Å². The number of carbonyl (C=O) groups is 1. The van der Waals surface area contributed by atoms with Crippen molar-refractivity contribution in [1.82, 2.24) is 0 Å². The van der Waals surface area contributed by atoms with Crippen molar-refractivity contribution in [3.8, 4) is 0 Å². The van der Waals surface area contributed by atoms with Gasteiger partial charge in [-0.15, -0.1) is 0 Å². The fourth-order valence-electron chi connectivity index (χ4n) is 1.90. The molecule has 104 valence electrons. The van der Waals surface area contributed by atoms with Crippen molar-refractivity contribution >= 4 is 28.9 Å². The Labute approximate surface area is 123 Å². The molecule has 4 heteroatoms. The molecule has 0 bridgehead atoms. The van der Waals surface area contributed by atoms with E-state index in [9.17, 15) is 4.79 Å². The maximum atomic E-state index is 12.2. The standard InChI is InChI=1S/C16H17ClN2O/c1-10(2)11-5-3-6-12(9-11)19-16(20)13-7-4-8-14(18)15(13)17/h3-10H,18H2,1-2H3,(H,19,20). The van der Waals surface area contributed by atoms with Crippen molar-refractivity contribution in [2.75, 3.05) is 11.1 Å². The lowest BCUT2D eigenvalue weighted by Gasteiger charge is -2.11. The number of benzene rings is 2. The Morgan fingerprint density at radius 2 is 1.90 bits per heavy atom. The number of halogens is 1. The maximum absolute atomic E-state index is 12.2. The highest BCUT2D eigenvalue weighted by Crippen LogP contribution is 2.24. The molecule has 0 aliphatic rings. The van der Waals surface area contributed by atoms with Gasteiger partial charge in [0.2, 0.25) is 0 Å². The molecule has 2 aromatic carbocycles. The number of carbonyl (C=O) groups excluding carboxylic acids is 1. The first kappa shape index (κ1) is 14.4. The molecule has 3 N–H and O–H groups in total. The summed E-state index contributed by atoms with van der Waals surface area (Å²) < 4.78 is 0. The van der Waals surface area contributed by atoms with Crippen LogP contribution in [-0.2, 0) is 0 Å². The van der Waals surface area contributed by atoms with Crippen LogP contribution >= 0.6 is 11.6 Å². The van der Waals surface area contributed by atoms with E-state index in [1.54, 1.807) is 18.2 Å². The molecular weight excluding hydrogens is 272 g/mol. The molecule has 0 unspecified atom stereocenters. The van der Waals surface area contributed by atoms with Crippen LogP contribution in [0.3, 0.4) is 0 Å². The fraction of sp³-hybridized carbons (Fsp3) is 0.188. The van der Waals surface area contributed by atoms with Gasteiger partial charge in [-0.2, -0.15) is 0 Å². The number of nitrogen functional groups attached to an aromatic ring is 1. The Morgan fingerprint density at radius 3 is 2.60 bits per heavy atom. The summed E-state index contributed by atoms with van der Waals surface area (Å²) in [5.74, 6) is 0.144. The highest BCUT2D eigenvalue weighted by molar-refractivity contribution is 6.36. The summed E-state index contributed by atoms with van der Waals surface area (Å²) in [6.45, 7) is 4.21. The topological polar surface area (TPSA) is 55.1 Å². The second-order valence-electron chi connectivity index (χ2n) is 4.94. The van der Waals surface area contributed by atoms with Crippen molar-refractivity contribution in [2.24, 2.45) is 0 Å². The molecule has 0 atom stereocenters. The number of hydrogen-bond donors (Lipinski definition) is 2. The van der Waals surface area contributed by atoms with Crippen LogP contribution < -0.4 is 11.1 Å². The van der Waals surface area contributed by atoms with Crippen LogP contribution in [0.2, 0.25) is 5.02 Å². The van der Waals surface area contributed by atoms with Gasteiger partial charge in [0, 0.05) is 5.69 Å². The third-order valence-corrected chi connectivity index (χ3v) is 3.51. The van der Waals surface area contributed by atoms with E-state index in [0.717, 1.165) is 5.69 Å². The normalized spacial score (nSPS) is 10.6. The minimum Gasteiger partial charge on any atom is -0.398 e. The number of anilines is 2. The largest absolute Gasteiger partial charge is 0.398 e. The first-order valence-electron chi connectivity index (χ1n) is 6.44. The first-order chi connectivity index (χ1) is 9.49. The Kier molecular flexibility index (Phi) is 4.30. The second kappa shape index (κ2) is 5.97. The average Bonchev–Trinajstić information content (AvgIpc) is 2.42. The third kappa shape index (κ3) is 3.11. The lowest BCUT2D eigenvalue weighted by atomic mass is 10.0. The molecule has 0 fully saturated rings. The van der Waals surface area contributed by atoms with Gasteiger partial charge in [-0.3, -0.25) is 4.79 Å². The molecule has 0 saturated carbocycles. The third-order valence-electron chi connectivity index (χ3n) is 3.08. The van der Waals surface area contributed by atoms with Crippen molar-refractivity contribution in [3.63, 3.8) is 0 Å². The van der Waals surface area contributed by atoms with Crippen molar-refractivity contribution in [1.29, 1.82) is 0 Å². The number of rotatable bonds is 3. The monoisotopic (exact) mass is 288 g/mol. The maximum Gasteiger partial charge on any atom is 0.257 e. The summed E-state index contributed by atoms with van der Waals surface area (Å²) in [5.41, 5.74) is 8.40. The minimum atomic E-state index is -0.261. The number of nitrogens with one attached hydrogen (secondary N) is 1. The number of amides is 1. The van der Waals surface area contributed by atoms with Crippen LogP contribution in [-0.4, -0.2) is 5.91 Å². The summed E-state index contributed by atoms with van der Waals surface area (Å²) in [6.07, 6.45) is 0. The van der Waals surface area contributed by atoms with Gasteiger partial charge in [-0.25, -0.2) is 0 Å². The quantitative estimate of drug-likeness (QED) is 0.828. The molecule has 0 aromatic heterocycles. The molecule has 2 aromatic rings. The summed E-state index contributed by atoms with van der Waals surface area (Å²) in [5, 5.41) is 3.13. The minimum absolute atomic E-state index is 0.261. The van der Waals surface area contributed by atoms with Crippen molar-refractivity contribution < 1.29 is 4.79 Å². The molecule has 2 rings (SSSR count). The number of nitrogens with two attached hydrogens (primary N) is 1. The van der Waals surface area contributed by atoms with E-state index >= 15 is 0 Å². The van der Waals surface area contributed by atoms with Crippen LogP contribution in [0.15, 0.2) is 42.5 Å². The van der Waals surface area contributed by atoms with E-state index in [0.29, 0.717) is 17.2 Å². The molecule has 0 saturated heterocycles. The SMILES string of the molecule is CC(C)c1cccc(NC(=O)c2cccc(N)c2Cl)c1. The van der Waals surface area contributed by atoms with Crippen molar-refractivity contribution in [3.05, 3.63) is 58.6 Å². The summed E-state index contributed by atoms with van der Waals surface area (Å²) in [6, 6.07) is 12.8. The zero-order chi connectivity index (χ0) is 14.7. The van der Waals surface area contributed by atoms with Gasteiger partial charge in [0.1, 0.15) is 0 Å². The summed E-state index contributed by atoms with van der Waals surface area (Å²) >= 11 is 6.05. The molecule has 3 nitrogen and oxygen atoms in total. The Morgan fingerprint density at radius 1 is 1.20 bits per heavy atom. The van der Waals surface area contributed by atoms with E-state index in [4.69, 9.17) is 17.3 Å². The molecule has 0 aliphatic carbocycles. The Balaban J connectivity index is 2.24. The van der Waals surface area contributed by atoms with Gasteiger partial charge in [-0.1, -0.05) is 43.6 Å². The zero-order valence-electron chi connectivity index (χ0n) is 11.5. The van der Waals surface area contributed by atoms with Crippen LogP contribution in [0.5, 0.6) is 0 Å². The fourth-order valence-corrected chi connectivity index (χ4v) is 2.11. The van der Waals surface area contributed by atoms with E-state index in [-0.39, 0.29) is 10.9 Å². The van der Waals surface area contributed by atoms with Crippen molar-refractivity contribution in [2.45, 2.75) is 19.8 Å². The molecule has 0 aliphatic heterocycles. The van der Waals surface area contributed by atoms with Gasteiger partial charge in [0.25, 0.3) is 5.91 Å². The lowest BCUT2D eigenvalue weighted by molar-refractivity contribution is 0.102. The summed E-state index contributed by atoms with van der Waals surface area (Å²) in [4.78, 5) is 12.2. The highest BCUT2D eigenvalue weighted by atomic mass is 35.5. The van der Waals surface area contributed by atoms with Gasteiger partial charge in [0.05, 0.1) is 16.3 Å². The van der Waals surface area contributed by atoms with Crippen LogP contribution in [0, 0.1) is 0 Å². The predicted molar refractivity (Wildman–Crippen MR) is 84.3 cm³/mol. The average molecular weight is 289 g/mol. The number of hydrogen-bond acceptors (Lipinski definition) is 2. The molecule has 20 heavy (non-hydrogen) atoms. The molecule has 0 heterocycles. The molecular formula is C16H17ClN2O. The molecule has 0 radical (unpaired) electrons. The van der Waals surface area contributed by atoms with Gasteiger partial charge >= 0.3 is 0 Å². The molecule has 1 amide bonds. The smallest absolute Gasteiger partial charge is 0.257 e. The summed E-state index contributed by atoms with van der Waals surface area (Å²) in [7, 11) is 0. The Bertz CT molecular complexity index is 638. The van der Waals surface area contributed by atoms with Gasteiger partial charge < -0.3 is 11.1 Å². The second-order valence-corrected chi connectivity index (χ2v) is 5.32. The van der Waals surface area contributed by atoms with Gasteiger partial charge in [-0.05, 0) is 35.7 Å². The lowest BCUT2D eigenvalue weighted by Crippen LogP contribution is -2.13. The predicted octanol–water partition coefficient (Wildman–Crippen LogP) is 4.30. The van der Waals surface area contributed by atoms with Crippen LogP contribution in [0.1, 0.15) is 35.7 Å². The zero-order valence-corrected chi connectivity index (χ0v) is 12.2. The Hall–Kier alpha value is -2.00.